The molecule has 0 aliphatic carbocycles. The Kier molecular flexibility index (Phi) is 4.34. The molecule has 1 aliphatic rings. The molecule has 4 rings (SSSR count). The lowest BCUT2D eigenvalue weighted by molar-refractivity contribution is -0.120. The van der Waals surface area contributed by atoms with Crippen molar-refractivity contribution in [1.82, 2.24) is 9.97 Å². The number of amides is 1. The summed E-state index contributed by atoms with van der Waals surface area (Å²) in [6.07, 6.45) is 0. The first-order valence-electron chi connectivity index (χ1n) is 8.29. The van der Waals surface area contributed by atoms with E-state index in [1.165, 1.54) is 0 Å². The first-order valence-corrected chi connectivity index (χ1v) is 8.67. The summed E-state index contributed by atoms with van der Waals surface area (Å²) in [6, 6.07) is 14.7. The second-order valence-corrected chi connectivity index (χ2v) is 6.45. The second-order valence-electron chi connectivity index (χ2n) is 6.05. The number of rotatable bonds is 3. The van der Waals surface area contributed by atoms with Crippen LogP contribution >= 0.6 is 11.6 Å². The lowest BCUT2D eigenvalue weighted by atomic mass is 10.2. The third-order valence-corrected chi connectivity index (χ3v) is 4.61. The molecule has 1 aromatic heterocycles. The Morgan fingerprint density at radius 3 is 2.42 bits per heavy atom. The lowest BCUT2D eigenvalue weighted by Crippen LogP contribution is -2.45. The van der Waals surface area contributed by atoms with Crippen molar-refractivity contribution in [2.75, 3.05) is 36.5 Å². The van der Waals surface area contributed by atoms with E-state index in [0.717, 1.165) is 11.0 Å². The zero-order valence-electron chi connectivity index (χ0n) is 14.2. The number of likely N-dealkylation sites (N-methyl/N-ethyl adjacent to an activating group) is 1. The van der Waals surface area contributed by atoms with E-state index in [9.17, 15) is 4.79 Å². The summed E-state index contributed by atoms with van der Waals surface area (Å²) in [5, 5.41) is 0.477. The van der Waals surface area contributed by atoms with Crippen LogP contribution in [0.25, 0.3) is 11.0 Å². The van der Waals surface area contributed by atoms with Gasteiger partial charge in [0.1, 0.15) is 5.75 Å². The van der Waals surface area contributed by atoms with Crippen molar-refractivity contribution in [1.29, 1.82) is 0 Å². The van der Waals surface area contributed by atoms with E-state index in [1.807, 2.05) is 48.3 Å². The number of ether oxygens (including phenoxy) is 1. The van der Waals surface area contributed by atoms with Gasteiger partial charge in [0, 0.05) is 20.1 Å². The molecule has 0 saturated carbocycles. The minimum atomic E-state index is -0.177. The van der Waals surface area contributed by atoms with Gasteiger partial charge in [0.05, 0.1) is 16.1 Å². The Morgan fingerprint density at radius 2 is 1.69 bits per heavy atom. The van der Waals surface area contributed by atoms with Gasteiger partial charge in [-0.05, 0) is 24.3 Å². The third-order valence-electron chi connectivity index (χ3n) is 4.30. The summed E-state index contributed by atoms with van der Waals surface area (Å²) in [5.74, 6) is 1.57. The maximum absolute atomic E-state index is 12.8. The molecule has 0 N–H and O–H groups in total. The standard InChI is InChI=1S/C19H17ClN4O2/c1-23-10-11-24(17(25)12-26-16-9-5-2-6-13(16)20)19-18(23)21-14-7-3-4-8-15(14)22-19/h2-9H,10-12H2,1H3. The SMILES string of the molecule is CN1CCN(C(=O)COc2ccccc2Cl)c2nc3ccccc3nc21. The molecular formula is C19H17ClN4O2. The Hall–Kier alpha value is -2.86. The molecule has 0 fully saturated rings. The Balaban J connectivity index is 1.61. The fourth-order valence-electron chi connectivity index (χ4n) is 2.90. The number of nitrogens with zero attached hydrogens (tertiary/aromatic N) is 4. The molecule has 1 amide bonds. The molecule has 0 radical (unpaired) electrons. The molecule has 6 nitrogen and oxygen atoms in total. The summed E-state index contributed by atoms with van der Waals surface area (Å²) in [5.41, 5.74) is 1.56. The Morgan fingerprint density at radius 1 is 1.04 bits per heavy atom. The molecular weight excluding hydrogens is 352 g/mol. The molecule has 0 bridgehead atoms. The van der Waals surface area contributed by atoms with Crippen LogP contribution in [0.2, 0.25) is 5.02 Å². The largest absolute Gasteiger partial charge is 0.482 e. The van der Waals surface area contributed by atoms with E-state index in [0.29, 0.717) is 35.5 Å². The molecule has 3 aromatic rings. The first kappa shape index (κ1) is 16.6. The van der Waals surface area contributed by atoms with Crippen LogP contribution in [0.5, 0.6) is 5.75 Å². The maximum atomic E-state index is 12.8. The number of hydrogen-bond donors (Lipinski definition) is 0. The highest BCUT2D eigenvalue weighted by Crippen LogP contribution is 2.31. The van der Waals surface area contributed by atoms with Crippen molar-refractivity contribution in [2.24, 2.45) is 0 Å². The van der Waals surface area contributed by atoms with Crippen LogP contribution in [0, 0.1) is 0 Å². The number of para-hydroxylation sites is 3. The van der Waals surface area contributed by atoms with Crippen molar-refractivity contribution in [3.63, 3.8) is 0 Å². The van der Waals surface area contributed by atoms with E-state index in [1.54, 1.807) is 17.0 Å². The molecule has 2 aromatic carbocycles. The zero-order chi connectivity index (χ0) is 18.1. The molecule has 132 valence electrons. The average Bonchev–Trinajstić information content (AvgIpc) is 2.66. The molecule has 0 atom stereocenters. The quantitative estimate of drug-likeness (QED) is 0.710. The van der Waals surface area contributed by atoms with Crippen molar-refractivity contribution < 1.29 is 9.53 Å². The third kappa shape index (κ3) is 3.04. The number of halogens is 1. The van der Waals surface area contributed by atoms with Crippen LogP contribution in [-0.2, 0) is 4.79 Å². The summed E-state index contributed by atoms with van der Waals surface area (Å²) in [6.45, 7) is 1.10. The van der Waals surface area contributed by atoms with Crippen LogP contribution in [0.1, 0.15) is 0 Å². The van der Waals surface area contributed by atoms with Crippen molar-refractivity contribution >= 4 is 40.2 Å². The van der Waals surface area contributed by atoms with Crippen LogP contribution in [0.3, 0.4) is 0 Å². The number of fused-ring (bicyclic) bond motifs is 2. The van der Waals surface area contributed by atoms with Gasteiger partial charge in [0.15, 0.2) is 18.2 Å². The van der Waals surface area contributed by atoms with Gasteiger partial charge in [-0.2, -0.15) is 0 Å². The number of carbonyl (C=O) groups excluding carboxylic acids is 1. The fraction of sp³-hybridized carbons (Fsp3) is 0.211. The van der Waals surface area contributed by atoms with Gasteiger partial charge in [-0.15, -0.1) is 0 Å². The van der Waals surface area contributed by atoms with E-state index >= 15 is 0 Å². The minimum Gasteiger partial charge on any atom is -0.482 e. The predicted molar refractivity (Wildman–Crippen MR) is 102 cm³/mol. The smallest absolute Gasteiger partial charge is 0.266 e. The van der Waals surface area contributed by atoms with Crippen LogP contribution in [0.15, 0.2) is 48.5 Å². The van der Waals surface area contributed by atoms with Crippen LogP contribution < -0.4 is 14.5 Å². The summed E-state index contributed by atoms with van der Waals surface area (Å²) >= 11 is 6.08. The topological polar surface area (TPSA) is 58.6 Å². The maximum Gasteiger partial charge on any atom is 0.266 e. The van der Waals surface area contributed by atoms with Crippen molar-refractivity contribution in [3.05, 3.63) is 53.6 Å². The lowest BCUT2D eigenvalue weighted by Gasteiger charge is -2.33. The second kappa shape index (κ2) is 6.80. The zero-order valence-corrected chi connectivity index (χ0v) is 15.0. The molecule has 0 saturated heterocycles. The summed E-state index contributed by atoms with van der Waals surface area (Å²) < 4.78 is 5.60. The highest BCUT2D eigenvalue weighted by atomic mass is 35.5. The molecule has 0 spiro atoms. The van der Waals surface area contributed by atoms with Gasteiger partial charge >= 0.3 is 0 Å². The number of carbonyl (C=O) groups is 1. The van der Waals surface area contributed by atoms with E-state index < -0.39 is 0 Å². The molecule has 0 unspecified atom stereocenters. The van der Waals surface area contributed by atoms with E-state index in [-0.39, 0.29) is 12.5 Å². The van der Waals surface area contributed by atoms with Crippen LogP contribution in [0.4, 0.5) is 11.6 Å². The fourth-order valence-corrected chi connectivity index (χ4v) is 3.09. The Labute approximate surface area is 156 Å². The highest BCUT2D eigenvalue weighted by molar-refractivity contribution is 6.32. The molecule has 1 aliphatic heterocycles. The number of aromatic nitrogens is 2. The molecule has 2 heterocycles. The number of benzene rings is 2. The normalized spacial score (nSPS) is 13.6. The van der Waals surface area contributed by atoms with E-state index in [2.05, 4.69) is 9.97 Å². The van der Waals surface area contributed by atoms with Gasteiger partial charge in [-0.1, -0.05) is 35.9 Å². The van der Waals surface area contributed by atoms with Crippen molar-refractivity contribution in [2.45, 2.75) is 0 Å². The summed E-state index contributed by atoms with van der Waals surface area (Å²) in [7, 11) is 1.95. The minimum absolute atomic E-state index is 0.110. The van der Waals surface area contributed by atoms with E-state index in [4.69, 9.17) is 16.3 Å². The monoisotopic (exact) mass is 368 g/mol. The molecule has 26 heavy (non-hydrogen) atoms. The van der Waals surface area contributed by atoms with Gasteiger partial charge in [-0.25, -0.2) is 9.97 Å². The van der Waals surface area contributed by atoms with Gasteiger partial charge in [0.25, 0.3) is 5.91 Å². The molecule has 7 heteroatoms. The first-order chi connectivity index (χ1) is 12.6. The number of anilines is 2. The number of hydrogen-bond acceptors (Lipinski definition) is 5. The van der Waals surface area contributed by atoms with Gasteiger partial charge < -0.3 is 9.64 Å². The average molecular weight is 369 g/mol. The predicted octanol–water partition coefficient (Wildman–Crippen LogP) is 3.15. The van der Waals surface area contributed by atoms with Crippen LogP contribution in [-0.4, -0.2) is 42.6 Å². The summed E-state index contributed by atoms with van der Waals surface area (Å²) in [4.78, 5) is 25.7. The van der Waals surface area contributed by atoms with Gasteiger partial charge in [-0.3, -0.25) is 9.69 Å². The highest BCUT2D eigenvalue weighted by Gasteiger charge is 2.28. The van der Waals surface area contributed by atoms with Crippen molar-refractivity contribution in [3.8, 4) is 5.75 Å². The Bertz CT molecular complexity index is 979. The van der Waals surface area contributed by atoms with Gasteiger partial charge in [0.2, 0.25) is 0 Å².